The van der Waals surface area contributed by atoms with Gasteiger partial charge in [-0.25, -0.2) is 18.9 Å². The summed E-state index contributed by atoms with van der Waals surface area (Å²) in [5, 5.41) is 8.83. The molecule has 5 aromatic heterocycles. The van der Waals surface area contributed by atoms with Crippen LogP contribution in [-0.4, -0.2) is 34.1 Å². The van der Waals surface area contributed by atoms with Crippen LogP contribution in [0.25, 0.3) is 39.2 Å². The minimum atomic E-state index is -0.275. The smallest absolute Gasteiger partial charge is 0.156 e. The van der Waals surface area contributed by atoms with Crippen molar-refractivity contribution < 1.29 is 4.39 Å². The summed E-state index contributed by atoms with van der Waals surface area (Å²) in [7, 11) is 1.94. The van der Waals surface area contributed by atoms with Crippen molar-refractivity contribution in [2.45, 2.75) is 13.8 Å². The molecule has 0 atom stereocenters. The molecule has 2 N–H and O–H groups in total. The van der Waals surface area contributed by atoms with E-state index in [2.05, 4.69) is 43.9 Å². The van der Waals surface area contributed by atoms with E-state index in [1.165, 1.54) is 23.1 Å². The molecule has 0 saturated carbocycles. The first-order valence-electron chi connectivity index (χ1n) is 11.4. The molecule has 8 nitrogen and oxygen atoms in total. The van der Waals surface area contributed by atoms with E-state index in [-0.39, 0.29) is 5.82 Å². The zero-order valence-corrected chi connectivity index (χ0v) is 20.2. The Morgan fingerprint density at radius 1 is 1.06 bits per heavy atom. The molecular weight excluding hydrogens is 455 g/mol. The summed E-state index contributed by atoms with van der Waals surface area (Å²) in [5.41, 5.74) is 6.36. The number of nitrogens with zero attached hydrogens (tertiary/aromatic N) is 6. The Kier molecular flexibility index (Phi) is 6.03. The van der Waals surface area contributed by atoms with Crippen LogP contribution in [0.4, 0.5) is 10.2 Å². The van der Waals surface area contributed by atoms with Crippen molar-refractivity contribution in [3.05, 3.63) is 97.2 Å². The summed E-state index contributed by atoms with van der Waals surface area (Å²) in [5.74, 6) is 1.24. The summed E-state index contributed by atoms with van der Waals surface area (Å²) in [6, 6.07) is 12.1. The minimum Gasteiger partial charge on any atom is -0.361 e. The van der Waals surface area contributed by atoms with Crippen molar-refractivity contribution >= 4 is 22.4 Å². The fraction of sp³-hybridized carbons (Fsp3) is 0.111. The van der Waals surface area contributed by atoms with Gasteiger partial charge in [-0.05, 0) is 68.1 Å². The van der Waals surface area contributed by atoms with E-state index in [0.29, 0.717) is 5.82 Å². The summed E-state index contributed by atoms with van der Waals surface area (Å²) in [6.45, 7) is 7.64. The molecule has 0 aliphatic carbocycles. The second-order valence-electron chi connectivity index (χ2n) is 8.31. The lowest BCUT2D eigenvalue weighted by Crippen LogP contribution is -2.00. The van der Waals surface area contributed by atoms with Crippen LogP contribution in [0.15, 0.2) is 80.0 Å². The van der Waals surface area contributed by atoms with Crippen LogP contribution in [0, 0.1) is 19.7 Å². The predicted molar refractivity (Wildman–Crippen MR) is 140 cm³/mol. The van der Waals surface area contributed by atoms with Crippen molar-refractivity contribution in [1.29, 1.82) is 0 Å². The molecule has 36 heavy (non-hydrogen) atoms. The van der Waals surface area contributed by atoms with Crippen LogP contribution >= 0.6 is 0 Å². The summed E-state index contributed by atoms with van der Waals surface area (Å²) in [6.07, 6.45) is 9.02. The number of hydrogen-bond acceptors (Lipinski definition) is 5. The van der Waals surface area contributed by atoms with Crippen LogP contribution in [0.2, 0.25) is 0 Å². The van der Waals surface area contributed by atoms with E-state index in [1.807, 2.05) is 49.1 Å². The Bertz CT molecular complexity index is 1670. The van der Waals surface area contributed by atoms with E-state index in [4.69, 9.17) is 0 Å². The Morgan fingerprint density at radius 3 is 2.61 bits per heavy atom. The van der Waals surface area contributed by atoms with Gasteiger partial charge in [0, 0.05) is 42.1 Å². The van der Waals surface area contributed by atoms with Gasteiger partial charge in [0.15, 0.2) is 11.5 Å². The summed E-state index contributed by atoms with van der Waals surface area (Å²) in [4.78, 5) is 16.2. The maximum Gasteiger partial charge on any atom is 0.156 e. The van der Waals surface area contributed by atoms with Crippen molar-refractivity contribution in [1.82, 2.24) is 34.1 Å². The molecule has 0 aliphatic rings. The van der Waals surface area contributed by atoms with Crippen LogP contribution in [0.5, 0.6) is 0 Å². The monoisotopic (exact) mass is 480 g/mol. The van der Waals surface area contributed by atoms with Crippen LogP contribution in [0.1, 0.15) is 11.4 Å². The van der Waals surface area contributed by atoms with Gasteiger partial charge in [-0.15, -0.1) is 0 Å². The van der Waals surface area contributed by atoms with E-state index in [0.717, 1.165) is 39.6 Å². The first kappa shape index (κ1) is 23.0. The molecule has 0 aliphatic heterocycles. The van der Waals surface area contributed by atoms with E-state index in [1.54, 1.807) is 35.2 Å². The number of halogens is 1. The van der Waals surface area contributed by atoms with Crippen molar-refractivity contribution in [3.8, 4) is 22.6 Å². The lowest BCUT2D eigenvalue weighted by atomic mass is 10.1. The summed E-state index contributed by atoms with van der Waals surface area (Å²) < 4.78 is 17.0. The maximum absolute atomic E-state index is 13.3. The molecule has 0 bridgehead atoms. The molecule has 5 heterocycles. The zero-order chi connectivity index (χ0) is 25.2. The molecule has 1 aromatic carbocycles. The molecule has 9 heteroatoms. The topological polar surface area (TPSA) is 88.7 Å². The van der Waals surface area contributed by atoms with Crippen molar-refractivity contribution in [3.63, 3.8) is 0 Å². The van der Waals surface area contributed by atoms with Crippen LogP contribution in [-0.2, 0) is 7.05 Å². The third-order valence-corrected chi connectivity index (χ3v) is 5.94. The van der Waals surface area contributed by atoms with E-state index < -0.39 is 0 Å². The second kappa shape index (κ2) is 9.46. The van der Waals surface area contributed by atoms with Crippen molar-refractivity contribution in [2.24, 2.45) is 7.05 Å². The number of benzene rings is 1. The molecule has 0 unspecified atom stereocenters. The number of anilines is 1. The van der Waals surface area contributed by atoms with Gasteiger partial charge in [0.1, 0.15) is 17.3 Å². The van der Waals surface area contributed by atoms with Gasteiger partial charge < -0.3 is 14.9 Å². The minimum absolute atomic E-state index is 0.275. The fourth-order valence-corrected chi connectivity index (χ4v) is 3.99. The normalized spacial score (nSPS) is 10.9. The van der Waals surface area contributed by atoms with Gasteiger partial charge in [0.05, 0.1) is 17.6 Å². The molecule has 0 spiro atoms. The largest absolute Gasteiger partial charge is 0.361 e. The quantitative estimate of drug-likeness (QED) is 0.339. The van der Waals surface area contributed by atoms with Gasteiger partial charge in [-0.1, -0.05) is 6.58 Å². The number of H-pyrrole nitrogens is 1. The number of aromatic amines is 1. The average Bonchev–Trinajstić information content (AvgIpc) is 3.55. The lowest BCUT2D eigenvalue weighted by molar-refractivity contribution is 0.628. The Morgan fingerprint density at radius 2 is 1.86 bits per heavy atom. The standard InChI is InChI=1S/C19H17FN6.C8H8N2/c1-4-21-16-11-26-17(23-16)10-9-15(24-26)19-18(22-12(2)25(19)3)13-5-7-14(20)8-6-13;1-6-4-10-8-2-3-9-5-7(6)8/h4-11,21H,1H2,2-3H3;2-5,10H,1H3. The molecule has 0 fully saturated rings. The maximum atomic E-state index is 13.3. The molecule has 0 saturated heterocycles. The molecular formula is C27H25FN8. The number of aryl methyl sites for hydroxylation is 2. The number of rotatable bonds is 4. The Labute approximate surface area is 207 Å². The number of imidazole rings is 2. The fourth-order valence-electron chi connectivity index (χ4n) is 3.99. The summed E-state index contributed by atoms with van der Waals surface area (Å²) >= 11 is 0. The molecule has 6 aromatic rings. The number of pyridine rings is 1. The Balaban J connectivity index is 0.000000222. The van der Waals surface area contributed by atoms with Crippen LogP contribution < -0.4 is 5.32 Å². The number of aromatic nitrogens is 7. The van der Waals surface area contributed by atoms with Gasteiger partial charge in [0.25, 0.3) is 0 Å². The van der Waals surface area contributed by atoms with Gasteiger partial charge in [0.2, 0.25) is 0 Å². The molecule has 6 rings (SSSR count). The highest BCUT2D eigenvalue weighted by Crippen LogP contribution is 2.31. The average molecular weight is 481 g/mol. The second-order valence-corrected chi connectivity index (χ2v) is 8.31. The third kappa shape index (κ3) is 4.34. The third-order valence-electron chi connectivity index (χ3n) is 5.94. The highest BCUT2D eigenvalue weighted by Gasteiger charge is 2.18. The van der Waals surface area contributed by atoms with Gasteiger partial charge in [-0.3, -0.25) is 4.98 Å². The first-order chi connectivity index (χ1) is 17.4. The molecule has 180 valence electrons. The predicted octanol–water partition coefficient (Wildman–Crippen LogP) is 5.67. The molecule has 0 amide bonds. The molecule has 0 radical (unpaired) electrons. The lowest BCUT2D eigenvalue weighted by Gasteiger charge is -2.07. The number of nitrogens with one attached hydrogen (secondary N) is 2. The van der Waals surface area contributed by atoms with E-state index in [9.17, 15) is 4.39 Å². The Hall–Kier alpha value is -4.79. The zero-order valence-electron chi connectivity index (χ0n) is 20.2. The number of hydrogen-bond donors (Lipinski definition) is 2. The number of fused-ring (bicyclic) bond motifs is 2. The highest BCUT2D eigenvalue weighted by atomic mass is 19.1. The highest BCUT2D eigenvalue weighted by molar-refractivity contribution is 5.81. The van der Waals surface area contributed by atoms with Crippen LogP contribution in [0.3, 0.4) is 0 Å². The van der Waals surface area contributed by atoms with Crippen molar-refractivity contribution in [2.75, 3.05) is 5.32 Å². The van der Waals surface area contributed by atoms with Gasteiger partial charge in [-0.2, -0.15) is 5.10 Å². The van der Waals surface area contributed by atoms with E-state index >= 15 is 0 Å². The first-order valence-corrected chi connectivity index (χ1v) is 11.4. The SMILES string of the molecule is C=CNc1cn2nc(-c3c(-c4ccc(F)cc4)nc(C)n3C)ccc2n1.Cc1c[nH]c2ccncc12. The van der Waals surface area contributed by atoms with Gasteiger partial charge >= 0.3 is 0 Å².